The zero-order valence-corrected chi connectivity index (χ0v) is 13.5. The van der Waals surface area contributed by atoms with E-state index in [-0.39, 0.29) is 0 Å². The first-order valence-corrected chi connectivity index (χ1v) is 8.34. The number of hydrogen-bond acceptors (Lipinski definition) is 1. The van der Waals surface area contributed by atoms with Gasteiger partial charge in [-0.15, -0.1) is 0 Å². The molecule has 4 aromatic rings. The van der Waals surface area contributed by atoms with E-state index >= 15 is 0 Å². The molecule has 0 atom stereocenters. The summed E-state index contributed by atoms with van der Waals surface area (Å²) in [6, 6.07) is 25.6. The molecule has 0 fully saturated rings. The van der Waals surface area contributed by atoms with Crippen molar-refractivity contribution in [2.45, 2.75) is 19.3 Å². The maximum Gasteiger partial charge on any atom is 0.174 e. The third-order valence-corrected chi connectivity index (χ3v) is 4.49. The second-order valence-corrected chi connectivity index (χ2v) is 6.10. The predicted molar refractivity (Wildman–Crippen MR) is 98.0 cm³/mol. The minimum Gasteiger partial charge on any atom is -0.335 e. The van der Waals surface area contributed by atoms with Crippen molar-refractivity contribution in [3.05, 3.63) is 101 Å². The first kappa shape index (κ1) is 14.7. The van der Waals surface area contributed by atoms with E-state index in [1.54, 1.807) is 0 Å². The Hall–Kier alpha value is -2.87. The van der Waals surface area contributed by atoms with Crippen LogP contribution in [-0.2, 0) is 19.3 Å². The molecule has 24 heavy (non-hydrogen) atoms. The molecule has 0 aliphatic carbocycles. The number of aromatic nitrogens is 2. The summed E-state index contributed by atoms with van der Waals surface area (Å²) >= 11 is 0. The van der Waals surface area contributed by atoms with Gasteiger partial charge in [0.25, 0.3) is 0 Å². The molecular formula is C22H19N2. The quantitative estimate of drug-likeness (QED) is 0.566. The van der Waals surface area contributed by atoms with E-state index in [1.165, 1.54) is 22.3 Å². The lowest BCUT2D eigenvalue weighted by Crippen LogP contribution is -2.00. The Morgan fingerprint density at radius 2 is 1.46 bits per heavy atom. The van der Waals surface area contributed by atoms with E-state index in [4.69, 9.17) is 0 Å². The van der Waals surface area contributed by atoms with Crippen molar-refractivity contribution >= 4 is 11.0 Å². The Labute approximate surface area is 142 Å². The summed E-state index contributed by atoms with van der Waals surface area (Å²) < 4.78 is 0. The fourth-order valence-corrected chi connectivity index (χ4v) is 3.21. The van der Waals surface area contributed by atoms with Crippen molar-refractivity contribution in [2.24, 2.45) is 0 Å². The Morgan fingerprint density at radius 3 is 2.21 bits per heavy atom. The first-order chi connectivity index (χ1) is 11.9. The summed E-state index contributed by atoms with van der Waals surface area (Å²) in [5, 5.41) is 0. The van der Waals surface area contributed by atoms with E-state index in [1.807, 2.05) is 0 Å². The van der Waals surface area contributed by atoms with E-state index in [2.05, 4.69) is 89.1 Å². The van der Waals surface area contributed by atoms with Gasteiger partial charge in [0.15, 0.2) is 6.33 Å². The van der Waals surface area contributed by atoms with Crippen LogP contribution >= 0.6 is 0 Å². The number of imidazole rings is 1. The molecule has 0 saturated carbocycles. The third kappa shape index (κ3) is 3.09. The molecule has 0 bridgehead atoms. The zero-order valence-electron chi connectivity index (χ0n) is 13.5. The van der Waals surface area contributed by atoms with Gasteiger partial charge in [0.2, 0.25) is 0 Å². The molecule has 0 saturated heterocycles. The summed E-state index contributed by atoms with van der Waals surface area (Å²) in [5.74, 6) is 0. The van der Waals surface area contributed by atoms with Crippen LogP contribution in [0.3, 0.4) is 0 Å². The first-order valence-electron chi connectivity index (χ1n) is 8.34. The molecule has 2 heteroatoms. The van der Waals surface area contributed by atoms with E-state index in [9.17, 15) is 0 Å². The minimum absolute atomic E-state index is 0.904. The van der Waals surface area contributed by atoms with Gasteiger partial charge in [-0.05, 0) is 47.6 Å². The molecule has 117 valence electrons. The Bertz CT molecular complexity index is 924. The molecule has 1 radical (unpaired) electrons. The summed E-state index contributed by atoms with van der Waals surface area (Å²) in [6.45, 7) is 0. The van der Waals surface area contributed by atoms with Crippen molar-refractivity contribution in [1.29, 1.82) is 0 Å². The van der Waals surface area contributed by atoms with Gasteiger partial charge in [-0.3, -0.25) is 0 Å². The Balaban J connectivity index is 1.67. The van der Waals surface area contributed by atoms with Gasteiger partial charge in [0.05, 0.1) is 11.0 Å². The molecule has 0 amide bonds. The van der Waals surface area contributed by atoms with Crippen LogP contribution in [0.1, 0.15) is 22.3 Å². The smallest absolute Gasteiger partial charge is 0.174 e. The standard InChI is InChI=1S/C22H19N2/c1-3-7-17(8-4-1)11-12-19-13-14-21-22(24-16-23-21)20(19)15-18-9-5-2-6-10-18/h1-10,13-14H,11-12,15H2,(H,23,24). The minimum atomic E-state index is 0.904. The van der Waals surface area contributed by atoms with Crippen LogP contribution in [0.5, 0.6) is 0 Å². The van der Waals surface area contributed by atoms with Crippen LogP contribution in [0, 0.1) is 6.33 Å². The SMILES string of the molecule is [c]1nc2c(Cc3ccccc3)c(CCc3ccccc3)ccc2[nH]1. The highest BCUT2D eigenvalue weighted by molar-refractivity contribution is 5.80. The fourth-order valence-electron chi connectivity index (χ4n) is 3.21. The zero-order chi connectivity index (χ0) is 16.2. The van der Waals surface area contributed by atoms with Crippen LogP contribution in [0.4, 0.5) is 0 Å². The monoisotopic (exact) mass is 311 g/mol. The second kappa shape index (κ2) is 6.71. The summed E-state index contributed by atoms with van der Waals surface area (Å²) in [5.41, 5.74) is 7.47. The number of rotatable bonds is 5. The molecule has 0 aliphatic heterocycles. The van der Waals surface area contributed by atoms with Gasteiger partial charge in [-0.25, -0.2) is 4.98 Å². The molecule has 0 aliphatic rings. The van der Waals surface area contributed by atoms with Crippen molar-refractivity contribution in [1.82, 2.24) is 9.97 Å². The summed E-state index contributed by atoms with van der Waals surface area (Å²) in [7, 11) is 0. The molecule has 1 aromatic heterocycles. The molecule has 2 nitrogen and oxygen atoms in total. The van der Waals surface area contributed by atoms with Gasteiger partial charge in [-0.1, -0.05) is 66.7 Å². The number of nitrogens with one attached hydrogen (secondary N) is 1. The van der Waals surface area contributed by atoms with Crippen molar-refractivity contribution in [3.63, 3.8) is 0 Å². The molecule has 0 unspecified atom stereocenters. The fraction of sp³-hybridized carbons (Fsp3) is 0.136. The molecular weight excluding hydrogens is 292 g/mol. The van der Waals surface area contributed by atoms with Gasteiger partial charge in [-0.2, -0.15) is 0 Å². The van der Waals surface area contributed by atoms with Crippen LogP contribution in [0.2, 0.25) is 0 Å². The predicted octanol–water partition coefficient (Wildman–Crippen LogP) is 4.74. The normalized spacial score (nSPS) is 11.0. The number of H-pyrrole nitrogens is 1. The highest BCUT2D eigenvalue weighted by Crippen LogP contribution is 2.24. The van der Waals surface area contributed by atoms with E-state index < -0.39 is 0 Å². The molecule has 3 aromatic carbocycles. The summed E-state index contributed by atoms with van der Waals surface area (Å²) in [4.78, 5) is 7.56. The largest absolute Gasteiger partial charge is 0.335 e. The van der Waals surface area contributed by atoms with Crippen LogP contribution in [0.25, 0.3) is 11.0 Å². The number of aromatic amines is 1. The number of fused-ring (bicyclic) bond motifs is 1. The number of hydrogen-bond donors (Lipinski definition) is 1. The average molecular weight is 311 g/mol. The third-order valence-electron chi connectivity index (χ3n) is 4.49. The van der Waals surface area contributed by atoms with Crippen molar-refractivity contribution in [3.8, 4) is 0 Å². The maximum atomic E-state index is 4.45. The van der Waals surface area contributed by atoms with E-state index in [0.717, 1.165) is 30.3 Å². The lowest BCUT2D eigenvalue weighted by Gasteiger charge is -2.11. The van der Waals surface area contributed by atoms with Crippen molar-refractivity contribution < 1.29 is 0 Å². The average Bonchev–Trinajstić information content (AvgIpc) is 3.12. The molecule has 0 spiro atoms. The Kier molecular flexibility index (Phi) is 4.11. The highest BCUT2D eigenvalue weighted by Gasteiger charge is 2.11. The van der Waals surface area contributed by atoms with E-state index in [0.29, 0.717) is 0 Å². The topological polar surface area (TPSA) is 28.7 Å². The van der Waals surface area contributed by atoms with Crippen LogP contribution in [-0.4, -0.2) is 9.97 Å². The van der Waals surface area contributed by atoms with Crippen LogP contribution < -0.4 is 0 Å². The lowest BCUT2D eigenvalue weighted by molar-refractivity contribution is 0.941. The molecule has 1 N–H and O–H groups in total. The van der Waals surface area contributed by atoms with Crippen LogP contribution in [0.15, 0.2) is 72.8 Å². The van der Waals surface area contributed by atoms with Gasteiger partial charge in [0, 0.05) is 0 Å². The van der Waals surface area contributed by atoms with Gasteiger partial charge in [0.1, 0.15) is 0 Å². The second-order valence-electron chi connectivity index (χ2n) is 6.10. The van der Waals surface area contributed by atoms with Crippen molar-refractivity contribution in [2.75, 3.05) is 0 Å². The van der Waals surface area contributed by atoms with Gasteiger partial charge < -0.3 is 4.98 Å². The lowest BCUT2D eigenvalue weighted by atomic mass is 9.94. The molecule has 1 heterocycles. The number of benzene rings is 3. The van der Waals surface area contributed by atoms with Gasteiger partial charge >= 0.3 is 0 Å². The molecule has 4 rings (SSSR count). The Morgan fingerprint density at radius 1 is 0.750 bits per heavy atom. The maximum absolute atomic E-state index is 4.45. The highest BCUT2D eigenvalue weighted by atomic mass is 14.9. The summed E-state index contributed by atoms with van der Waals surface area (Å²) in [6.07, 6.45) is 5.86. The number of aryl methyl sites for hydroxylation is 2. The number of nitrogens with zero attached hydrogens (tertiary/aromatic N) is 1.